The Balaban J connectivity index is 2.06. The maximum atomic E-state index is 12.8. The van der Waals surface area contributed by atoms with Gasteiger partial charge in [0.15, 0.2) is 0 Å². The molecule has 1 amide bonds. The van der Waals surface area contributed by atoms with Gasteiger partial charge in [-0.2, -0.15) is 0 Å². The number of rotatable bonds is 3. The third-order valence-corrected chi connectivity index (χ3v) is 3.64. The second-order valence-electron chi connectivity index (χ2n) is 5.39. The van der Waals surface area contributed by atoms with Gasteiger partial charge in [0.05, 0.1) is 11.7 Å². The first kappa shape index (κ1) is 16.2. The molecule has 1 heterocycles. The first-order chi connectivity index (χ1) is 11.3. The van der Waals surface area contributed by atoms with Crippen LogP contribution < -0.4 is 9.64 Å². The van der Waals surface area contributed by atoms with Crippen molar-refractivity contribution in [3.63, 3.8) is 0 Å². The molecule has 1 unspecified atom stereocenters. The fraction of sp³-hybridized carbons (Fsp3) is 0.235. The molecule has 0 spiro atoms. The first-order valence-corrected chi connectivity index (χ1v) is 7.26. The summed E-state index contributed by atoms with van der Waals surface area (Å²) in [7, 11) is 0. The minimum Gasteiger partial charge on any atom is -0.447 e. The van der Waals surface area contributed by atoms with E-state index in [4.69, 9.17) is 4.74 Å². The van der Waals surface area contributed by atoms with Gasteiger partial charge in [-0.1, -0.05) is 30.3 Å². The van der Waals surface area contributed by atoms with E-state index in [1.54, 1.807) is 43.3 Å². The zero-order chi connectivity index (χ0) is 17.3. The number of carbonyl (C=O) groups excluding carboxylic acids is 1. The minimum atomic E-state index is -4.83. The molecule has 126 valence electrons. The van der Waals surface area contributed by atoms with Crippen molar-refractivity contribution >= 4 is 11.8 Å². The Hall–Kier alpha value is -2.70. The summed E-state index contributed by atoms with van der Waals surface area (Å²) in [5, 5.41) is 0. The predicted octanol–water partition coefficient (Wildman–Crippen LogP) is 4.60. The number of benzene rings is 2. The molecule has 0 saturated carbocycles. The topological polar surface area (TPSA) is 38.8 Å². The molecule has 4 nitrogen and oxygen atoms in total. The maximum absolute atomic E-state index is 12.8. The van der Waals surface area contributed by atoms with Crippen LogP contribution in [0.2, 0.25) is 0 Å². The summed E-state index contributed by atoms with van der Waals surface area (Å²) in [6.07, 6.45) is -5.42. The lowest BCUT2D eigenvalue weighted by atomic mass is 10.0. The molecule has 24 heavy (non-hydrogen) atoms. The highest BCUT2D eigenvalue weighted by Gasteiger charge is 2.35. The SMILES string of the molecule is CC1COC(=O)N1c1ccc(-c2ccccc2)c(OC(F)(F)F)c1. The van der Waals surface area contributed by atoms with Gasteiger partial charge in [-0.15, -0.1) is 13.2 Å². The average Bonchev–Trinajstić information content (AvgIpc) is 2.85. The van der Waals surface area contributed by atoms with Gasteiger partial charge in [0.1, 0.15) is 12.4 Å². The van der Waals surface area contributed by atoms with Crippen LogP contribution in [0.15, 0.2) is 48.5 Å². The maximum Gasteiger partial charge on any atom is 0.573 e. The number of halogens is 3. The van der Waals surface area contributed by atoms with E-state index in [-0.39, 0.29) is 24.0 Å². The summed E-state index contributed by atoms with van der Waals surface area (Å²) in [6.45, 7) is 1.94. The normalized spacial score (nSPS) is 17.8. The molecule has 1 saturated heterocycles. The van der Waals surface area contributed by atoms with Crippen LogP contribution >= 0.6 is 0 Å². The fourth-order valence-corrected chi connectivity index (χ4v) is 2.60. The molecular weight excluding hydrogens is 323 g/mol. The van der Waals surface area contributed by atoms with Crippen molar-refractivity contribution in [2.45, 2.75) is 19.3 Å². The molecule has 0 aliphatic carbocycles. The summed E-state index contributed by atoms with van der Waals surface area (Å²) < 4.78 is 47.4. The largest absolute Gasteiger partial charge is 0.573 e. The molecule has 0 aromatic heterocycles. The molecule has 1 atom stereocenters. The van der Waals surface area contributed by atoms with E-state index in [9.17, 15) is 18.0 Å². The molecule has 1 fully saturated rings. The summed E-state index contributed by atoms with van der Waals surface area (Å²) in [4.78, 5) is 13.1. The number of anilines is 1. The number of alkyl halides is 3. The van der Waals surface area contributed by atoms with Crippen molar-refractivity contribution in [2.75, 3.05) is 11.5 Å². The Kier molecular flexibility index (Phi) is 4.09. The molecule has 0 bridgehead atoms. The number of carbonyl (C=O) groups is 1. The van der Waals surface area contributed by atoms with Crippen LogP contribution in [0.5, 0.6) is 5.75 Å². The van der Waals surface area contributed by atoms with Crippen LogP contribution in [-0.4, -0.2) is 25.1 Å². The lowest BCUT2D eigenvalue weighted by Crippen LogP contribution is -2.31. The first-order valence-electron chi connectivity index (χ1n) is 7.26. The van der Waals surface area contributed by atoms with Gasteiger partial charge in [-0.05, 0) is 24.6 Å². The quantitative estimate of drug-likeness (QED) is 0.822. The number of nitrogens with zero attached hydrogens (tertiary/aromatic N) is 1. The number of cyclic esters (lactones) is 1. The van der Waals surface area contributed by atoms with Crippen molar-refractivity contribution in [1.29, 1.82) is 0 Å². The zero-order valence-corrected chi connectivity index (χ0v) is 12.7. The van der Waals surface area contributed by atoms with Gasteiger partial charge in [0, 0.05) is 11.6 Å². The molecule has 1 aliphatic rings. The second kappa shape index (κ2) is 6.07. The number of amides is 1. The van der Waals surface area contributed by atoms with Crippen molar-refractivity contribution < 1.29 is 27.4 Å². The van der Waals surface area contributed by atoms with E-state index in [0.29, 0.717) is 11.3 Å². The molecule has 0 N–H and O–H groups in total. The van der Waals surface area contributed by atoms with Gasteiger partial charge in [-0.25, -0.2) is 4.79 Å². The Morgan fingerprint density at radius 3 is 2.46 bits per heavy atom. The van der Waals surface area contributed by atoms with Crippen LogP contribution in [0.3, 0.4) is 0 Å². The van der Waals surface area contributed by atoms with Crippen LogP contribution in [0, 0.1) is 0 Å². The lowest BCUT2D eigenvalue weighted by Gasteiger charge is -2.21. The third-order valence-electron chi connectivity index (χ3n) is 3.64. The third kappa shape index (κ3) is 3.29. The molecule has 0 radical (unpaired) electrons. The summed E-state index contributed by atoms with van der Waals surface area (Å²) >= 11 is 0. The molecule has 7 heteroatoms. The number of hydrogen-bond acceptors (Lipinski definition) is 3. The van der Waals surface area contributed by atoms with E-state index >= 15 is 0 Å². The Morgan fingerprint density at radius 1 is 1.17 bits per heavy atom. The average molecular weight is 337 g/mol. The standard InChI is InChI=1S/C17H14F3NO3/c1-11-10-23-16(22)21(11)13-7-8-14(12-5-3-2-4-6-12)15(9-13)24-17(18,19)20/h2-9,11H,10H2,1H3. The number of hydrogen-bond donors (Lipinski definition) is 0. The zero-order valence-electron chi connectivity index (χ0n) is 12.7. The molecular formula is C17H14F3NO3. The van der Waals surface area contributed by atoms with Gasteiger partial charge in [0.25, 0.3) is 0 Å². The van der Waals surface area contributed by atoms with Crippen molar-refractivity contribution in [3.05, 3.63) is 48.5 Å². The minimum absolute atomic E-state index is 0.189. The lowest BCUT2D eigenvalue weighted by molar-refractivity contribution is -0.274. The van der Waals surface area contributed by atoms with Crippen LogP contribution in [0.4, 0.5) is 23.7 Å². The second-order valence-corrected chi connectivity index (χ2v) is 5.39. The van der Waals surface area contributed by atoms with Gasteiger partial charge in [-0.3, -0.25) is 4.90 Å². The van der Waals surface area contributed by atoms with Crippen molar-refractivity contribution in [1.82, 2.24) is 0 Å². The van der Waals surface area contributed by atoms with Gasteiger partial charge >= 0.3 is 12.5 Å². The van der Waals surface area contributed by atoms with Crippen molar-refractivity contribution in [2.24, 2.45) is 0 Å². The highest BCUT2D eigenvalue weighted by atomic mass is 19.4. The van der Waals surface area contributed by atoms with Crippen LogP contribution in [-0.2, 0) is 4.74 Å². The molecule has 3 rings (SSSR count). The smallest absolute Gasteiger partial charge is 0.447 e. The fourth-order valence-electron chi connectivity index (χ4n) is 2.60. The van der Waals surface area contributed by atoms with E-state index in [1.165, 1.54) is 17.0 Å². The van der Waals surface area contributed by atoms with Crippen LogP contribution in [0.25, 0.3) is 11.1 Å². The highest BCUT2D eigenvalue weighted by molar-refractivity contribution is 5.91. The number of ether oxygens (including phenoxy) is 2. The van der Waals surface area contributed by atoms with Gasteiger partial charge in [0.2, 0.25) is 0 Å². The van der Waals surface area contributed by atoms with E-state index in [2.05, 4.69) is 4.74 Å². The molecule has 1 aliphatic heterocycles. The van der Waals surface area contributed by atoms with E-state index < -0.39 is 12.5 Å². The Morgan fingerprint density at radius 2 is 1.88 bits per heavy atom. The van der Waals surface area contributed by atoms with Crippen molar-refractivity contribution in [3.8, 4) is 16.9 Å². The van der Waals surface area contributed by atoms with E-state index in [0.717, 1.165) is 0 Å². The van der Waals surface area contributed by atoms with Gasteiger partial charge < -0.3 is 9.47 Å². The van der Waals surface area contributed by atoms with Crippen LogP contribution in [0.1, 0.15) is 6.92 Å². The summed E-state index contributed by atoms with van der Waals surface area (Å²) in [6, 6.07) is 12.6. The van der Waals surface area contributed by atoms with E-state index in [1.807, 2.05) is 0 Å². The summed E-state index contributed by atoms with van der Waals surface area (Å²) in [5.41, 5.74) is 1.17. The molecule has 2 aromatic carbocycles. The predicted molar refractivity (Wildman–Crippen MR) is 81.9 cm³/mol. The monoisotopic (exact) mass is 337 g/mol. The Bertz CT molecular complexity index is 746. The molecule has 2 aromatic rings. The summed E-state index contributed by atoms with van der Waals surface area (Å²) in [5.74, 6) is -0.363. The Labute approximate surface area is 136 Å². The highest BCUT2D eigenvalue weighted by Crippen LogP contribution is 2.38.